The molecule has 7 nitrogen and oxygen atoms in total. The first-order chi connectivity index (χ1) is 15.8. The average Bonchev–Trinajstić information content (AvgIpc) is 2.75. The van der Waals surface area contributed by atoms with Crippen molar-refractivity contribution in [1.29, 1.82) is 0 Å². The van der Waals surface area contributed by atoms with E-state index in [1.54, 1.807) is 18.7 Å². The van der Waals surface area contributed by atoms with Crippen molar-refractivity contribution in [2.45, 2.75) is 113 Å². The van der Waals surface area contributed by atoms with E-state index < -0.39 is 11.5 Å². The molecule has 1 heterocycles. The summed E-state index contributed by atoms with van der Waals surface area (Å²) in [5.41, 5.74) is 0.0109. The number of carbonyl (C=O) groups is 3. The molecule has 34 heavy (non-hydrogen) atoms. The molecule has 3 atom stereocenters. The zero-order valence-corrected chi connectivity index (χ0v) is 23.2. The van der Waals surface area contributed by atoms with Crippen molar-refractivity contribution in [1.82, 2.24) is 15.1 Å². The van der Waals surface area contributed by atoms with Crippen LogP contribution in [0.5, 0.6) is 0 Å². The highest BCUT2D eigenvalue weighted by Crippen LogP contribution is 2.26. The monoisotopic (exact) mass is 479 g/mol. The van der Waals surface area contributed by atoms with Crippen LogP contribution < -0.4 is 5.32 Å². The summed E-state index contributed by atoms with van der Waals surface area (Å²) in [6.45, 7) is 21.3. The number of nitrogens with one attached hydrogen (secondary N) is 1. The Kier molecular flexibility index (Phi) is 11.8. The molecule has 0 saturated carbocycles. The highest BCUT2D eigenvalue weighted by molar-refractivity contribution is 5.91. The number of hydrogen-bond acceptors (Lipinski definition) is 5. The molecule has 1 aliphatic rings. The fourth-order valence-corrected chi connectivity index (χ4v) is 4.63. The number of esters is 1. The van der Waals surface area contributed by atoms with Gasteiger partial charge in [0, 0.05) is 18.2 Å². The van der Waals surface area contributed by atoms with Gasteiger partial charge in [0.15, 0.2) is 0 Å². The molecule has 1 aliphatic heterocycles. The Morgan fingerprint density at radius 3 is 2.21 bits per heavy atom. The number of likely N-dealkylation sites (N-methyl/N-ethyl adjacent to an activating group) is 1. The first-order valence-electron chi connectivity index (χ1n) is 13.0. The molecule has 1 rings (SSSR count). The quantitative estimate of drug-likeness (QED) is 0.376. The van der Waals surface area contributed by atoms with Crippen LogP contribution in [0.15, 0.2) is 11.6 Å². The maximum Gasteiger partial charge on any atom is 0.333 e. The fraction of sp³-hybridized carbons (Fsp3) is 0.815. The van der Waals surface area contributed by atoms with Crippen LogP contribution in [0, 0.1) is 11.3 Å². The summed E-state index contributed by atoms with van der Waals surface area (Å²) in [7, 11) is 0. The minimum Gasteiger partial charge on any atom is -0.463 e. The van der Waals surface area contributed by atoms with Gasteiger partial charge in [-0.25, -0.2) is 4.79 Å². The molecule has 196 valence electrons. The van der Waals surface area contributed by atoms with E-state index in [0.717, 1.165) is 25.8 Å². The minimum atomic E-state index is -0.673. The Hall–Kier alpha value is -1.89. The van der Waals surface area contributed by atoms with Crippen LogP contribution in [0.25, 0.3) is 0 Å². The van der Waals surface area contributed by atoms with Crippen LogP contribution in [0.3, 0.4) is 0 Å². The molecular formula is C27H49N3O4. The molecule has 0 radical (unpaired) electrons. The maximum atomic E-state index is 13.9. The Labute approximate surface area is 207 Å². The van der Waals surface area contributed by atoms with Crippen molar-refractivity contribution in [3.05, 3.63) is 11.6 Å². The van der Waals surface area contributed by atoms with Gasteiger partial charge in [0.2, 0.25) is 11.8 Å². The van der Waals surface area contributed by atoms with Gasteiger partial charge in [-0.3, -0.25) is 14.5 Å². The molecule has 1 fully saturated rings. The summed E-state index contributed by atoms with van der Waals surface area (Å²) >= 11 is 0. The number of amides is 2. The van der Waals surface area contributed by atoms with Crippen LogP contribution in [0.2, 0.25) is 0 Å². The molecule has 0 aromatic carbocycles. The number of ether oxygens (including phenoxy) is 1. The van der Waals surface area contributed by atoms with Crippen LogP contribution >= 0.6 is 0 Å². The predicted molar refractivity (Wildman–Crippen MR) is 137 cm³/mol. The normalized spacial score (nSPS) is 19.6. The molecule has 0 bridgehead atoms. The maximum absolute atomic E-state index is 13.9. The molecule has 1 N–H and O–H groups in total. The number of hydrogen-bond donors (Lipinski definition) is 1. The van der Waals surface area contributed by atoms with Gasteiger partial charge in [-0.2, -0.15) is 0 Å². The lowest BCUT2D eigenvalue weighted by Gasteiger charge is -2.41. The van der Waals surface area contributed by atoms with E-state index in [1.165, 1.54) is 0 Å². The van der Waals surface area contributed by atoms with E-state index in [9.17, 15) is 14.4 Å². The van der Waals surface area contributed by atoms with Crippen LogP contribution in [-0.4, -0.2) is 71.4 Å². The first-order valence-corrected chi connectivity index (χ1v) is 13.0. The van der Waals surface area contributed by atoms with E-state index >= 15 is 0 Å². The lowest BCUT2D eigenvalue weighted by molar-refractivity contribution is -0.143. The summed E-state index contributed by atoms with van der Waals surface area (Å²) in [5.74, 6) is -0.485. The van der Waals surface area contributed by atoms with Gasteiger partial charge in [-0.05, 0) is 65.3 Å². The first kappa shape index (κ1) is 30.1. The Balaban J connectivity index is 3.24. The van der Waals surface area contributed by atoms with Crippen LogP contribution in [0.1, 0.15) is 88.5 Å². The Morgan fingerprint density at radius 1 is 1.12 bits per heavy atom. The van der Waals surface area contributed by atoms with Crippen molar-refractivity contribution in [2.24, 2.45) is 11.3 Å². The van der Waals surface area contributed by atoms with E-state index in [4.69, 9.17) is 4.74 Å². The molecule has 1 saturated heterocycles. The molecule has 0 aliphatic carbocycles. The lowest BCUT2D eigenvalue weighted by Crippen LogP contribution is -2.61. The second-order valence-corrected chi connectivity index (χ2v) is 11.1. The van der Waals surface area contributed by atoms with Crippen molar-refractivity contribution in [3.8, 4) is 0 Å². The van der Waals surface area contributed by atoms with E-state index in [-0.39, 0.29) is 41.8 Å². The molecule has 7 heteroatoms. The average molecular weight is 480 g/mol. The van der Waals surface area contributed by atoms with Crippen molar-refractivity contribution in [2.75, 3.05) is 19.7 Å². The second kappa shape index (κ2) is 13.3. The van der Waals surface area contributed by atoms with Crippen molar-refractivity contribution < 1.29 is 19.1 Å². The number of likely N-dealkylation sites (tertiary alicyclic amines) is 1. The standard InChI is InChI=1S/C27H49N3O4/c1-11-29(22(18(3)4)17-20(7)26(33)34-12-2)25(32)23(27(8,9)10)28-24(31)21-15-13-14-16-30(21)19(5)6/h17-19,21-23H,11-16H2,1-10H3,(H,28,31)/b20-17+. The van der Waals surface area contributed by atoms with Gasteiger partial charge in [0.25, 0.3) is 0 Å². The summed E-state index contributed by atoms with van der Waals surface area (Å²) in [6.07, 6.45) is 4.75. The molecular weight excluding hydrogens is 430 g/mol. The zero-order valence-electron chi connectivity index (χ0n) is 23.2. The number of carbonyl (C=O) groups excluding carboxylic acids is 3. The largest absolute Gasteiger partial charge is 0.463 e. The molecule has 2 amide bonds. The topological polar surface area (TPSA) is 79.0 Å². The molecule has 0 aromatic rings. The van der Waals surface area contributed by atoms with Crippen LogP contribution in [-0.2, 0) is 19.1 Å². The lowest BCUT2D eigenvalue weighted by atomic mass is 9.84. The third-order valence-corrected chi connectivity index (χ3v) is 6.59. The summed E-state index contributed by atoms with van der Waals surface area (Å²) < 4.78 is 5.14. The van der Waals surface area contributed by atoms with Crippen molar-refractivity contribution in [3.63, 3.8) is 0 Å². The SMILES string of the molecule is CCOC(=O)/C(C)=C/C(C(C)C)N(CC)C(=O)C(NC(=O)C1CCCCN1C(C)C)C(C)(C)C. The second-order valence-electron chi connectivity index (χ2n) is 11.1. The van der Waals surface area contributed by atoms with Gasteiger partial charge in [-0.1, -0.05) is 47.1 Å². The third kappa shape index (κ3) is 8.10. The van der Waals surface area contributed by atoms with Gasteiger partial charge in [-0.15, -0.1) is 0 Å². The smallest absolute Gasteiger partial charge is 0.333 e. The Bertz CT molecular complexity index is 724. The molecule has 0 spiro atoms. The molecule has 0 aromatic heterocycles. The zero-order chi connectivity index (χ0) is 26.2. The fourth-order valence-electron chi connectivity index (χ4n) is 4.63. The molecule has 3 unspecified atom stereocenters. The number of nitrogens with zero attached hydrogens (tertiary/aromatic N) is 2. The summed E-state index contributed by atoms with van der Waals surface area (Å²) in [6, 6.07) is -0.902. The predicted octanol–water partition coefficient (Wildman–Crippen LogP) is 4.16. The van der Waals surface area contributed by atoms with E-state index in [1.807, 2.05) is 47.6 Å². The van der Waals surface area contributed by atoms with Gasteiger partial charge in [0.05, 0.1) is 18.7 Å². The number of rotatable bonds is 10. The van der Waals surface area contributed by atoms with E-state index in [0.29, 0.717) is 18.7 Å². The van der Waals surface area contributed by atoms with Gasteiger partial charge < -0.3 is 15.0 Å². The van der Waals surface area contributed by atoms with Crippen molar-refractivity contribution >= 4 is 17.8 Å². The minimum absolute atomic E-state index is 0.0722. The van der Waals surface area contributed by atoms with Gasteiger partial charge >= 0.3 is 5.97 Å². The Morgan fingerprint density at radius 2 is 1.74 bits per heavy atom. The van der Waals surface area contributed by atoms with E-state index in [2.05, 4.69) is 24.1 Å². The third-order valence-electron chi connectivity index (χ3n) is 6.59. The summed E-state index contributed by atoms with van der Waals surface area (Å²) in [4.78, 5) is 43.6. The number of piperidine rings is 1. The highest BCUT2D eigenvalue weighted by atomic mass is 16.5. The van der Waals surface area contributed by atoms with Gasteiger partial charge in [0.1, 0.15) is 6.04 Å². The summed E-state index contributed by atoms with van der Waals surface area (Å²) in [5, 5.41) is 3.13. The van der Waals surface area contributed by atoms with Crippen LogP contribution in [0.4, 0.5) is 0 Å². The highest BCUT2D eigenvalue weighted by Gasteiger charge is 2.40.